The minimum Gasteiger partial charge on any atom is -0.267 e. The molecule has 2 heterocycles. The van der Waals surface area contributed by atoms with Crippen molar-refractivity contribution in [3.63, 3.8) is 0 Å². The Morgan fingerprint density at radius 1 is 1.07 bits per heavy atom. The highest BCUT2D eigenvalue weighted by Gasteiger charge is 2.37. The van der Waals surface area contributed by atoms with Crippen LogP contribution >= 0.6 is 0 Å². The fourth-order valence-corrected chi connectivity index (χ4v) is 2.68. The van der Waals surface area contributed by atoms with Crippen LogP contribution in [0.3, 0.4) is 0 Å². The molecule has 0 radical (unpaired) electrons. The van der Waals surface area contributed by atoms with E-state index in [0.717, 1.165) is 0 Å². The molecule has 0 spiro atoms. The normalized spacial score (nSPS) is 23.2. The molecule has 0 amide bonds. The lowest BCUT2D eigenvalue weighted by atomic mass is 10.1. The molecule has 0 N–H and O–H groups in total. The zero-order chi connectivity index (χ0) is 11.1. The van der Waals surface area contributed by atoms with Crippen LogP contribution < -0.4 is 0 Å². The van der Waals surface area contributed by atoms with Crippen LogP contribution in [-0.2, 0) is 0 Å². The first-order valence-electron chi connectivity index (χ1n) is 6.11. The highest BCUT2D eigenvalue weighted by atomic mass is 15.4. The Morgan fingerprint density at radius 2 is 1.73 bits per heavy atom. The van der Waals surface area contributed by atoms with E-state index >= 15 is 0 Å². The lowest BCUT2D eigenvalue weighted by Gasteiger charge is -2.39. The second-order valence-electron chi connectivity index (χ2n) is 5.74. The summed E-state index contributed by atoms with van der Waals surface area (Å²) < 4.78 is 2.57. The van der Waals surface area contributed by atoms with E-state index in [-0.39, 0.29) is 5.54 Å². The van der Waals surface area contributed by atoms with Crippen molar-refractivity contribution in [3.05, 3.63) is 0 Å². The standard InChI is InChI=1S/C12H24N3/c1-12(2,3)15-10-6-9-14-8-5-7-13(4)11(14)15/h5-10H2,1-4H3/q+1. The average Bonchev–Trinajstić information content (AvgIpc) is 2.16. The summed E-state index contributed by atoms with van der Waals surface area (Å²) in [5.41, 5.74) is 0.250. The molecule has 86 valence electrons. The molecule has 2 aliphatic rings. The van der Waals surface area contributed by atoms with E-state index < -0.39 is 0 Å². The molecular formula is C12H24N3+. The van der Waals surface area contributed by atoms with Gasteiger partial charge in [-0.15, -0.1) is 0 Å². The number of hydrogen-bond acceptors (Lipinski definition) is 2. The van der Waals surface area contributed by atoms with Crippen LogP contribution in [-0.4, -0.2) is 59.1 Å². The summed E-state index contributed by atoms with van der Waals surface area (Å²) in [6.45, 7) is 11.8. The Bertz CT molecular complexity index is 275. The van der Waals surface area contributed by atoms with Crippen LogP contribution in [0.2, 0.25) is 0 Å². The SMILES string of the molecule is CN1CCCN2CCC[N+](C(C)(C)C)=C12. The molecule has 2 rings (SSSR count). The molecule has 0 saturated carbocycles. The third-order valence-corrected chi connectivity index (χ3v) is 3.41. The molecule has 0 unspecified atom stereocenters. The number of nitrogens with zero attached hydrogens (tertiary/aromatic N) is 3. The predicted octanol–water partition coefficient (Wildman–Crippen LogP) is 1.19. The van der Waals surface area contributed by atoms with Crippen LogP contribution in [0, 0.1) is 0 Å². The minimum absolute atomic E-state index is 0.250. The Labute approximate surface area is 93.4 Å². The Hall–Kier alpha value is -0.730. The van der Waals surface area contributed by atoms with Crippen molar-refractivity contribution in [2.75, 3.05) is 33.2 Å². The van der Waals surface area contributed by atoms with Gasteiger partial charge < -0.3 is 0 Å². The monoisotopic (exact) mass is 210 g/mol. The molecule has 1 fully saturated rings. The van der Waals surface area contributed by atoms with Gasteiger partial charge in [0.1, 0.15) is 0 Å². The molecule has 3 nitrogen and oxygen atoms in total. The van der Waals surface area contributed by atoms with Crippen LogP contribution in [0.25, 0.3) is 0 Å². The van der Waals surface area contributed by atoms with Gasteiger partial charge in [0, 0.05) is 12.8 Å². The molecule has 0 bridgehead atoms. The summed E-state index contributed by atoms with van der Waals surface area (Å²) in [5.74, 6) is 1.46. The highest BCUT2D eigenvalue weighted by molar-refractivity contribution is 5.76. The van der Waals surface area contributed by atoms with Gasteiger partial charge in [0.15, 0.2) is 0 Å². The van der Waals surface area contributed by atoms with Crippen molar-refractivity contribution < 1.29 is 4.58 Å². The van der Waals surface area contributed by atoms with Crippen molar-refractivity contribution in [1.29, 1.82) is 0 Å². The van der Waals surface area contributed by atoms with E-state index in [1.54, 1.807) is 0 Å². The molecule has 0 aliphatic carbocycles. The summed E-state index contributed by atoms with van der Waals surface area (Å²) >= 11 is 0. The van der Waals surface area contributed by atoms with Gasteiger partial charge in [0.2, 0.25) is 0 Å². The summed E-state index contributed by atoms with van der Waals surface area (Å²) in [5, 5.41) is 0. The van der Waals surface area contributed by atoms with E-state index in [9.17, 15) is 0 Å². The van der Waals surface area contributed by atoms with Gasteiger partial charge in [-0.3, -0.25) is 14.4 Å². The minimum atomic E-state index is 0.250. The second-order valence-corrected chi connectivity index (χ2v) is 5.74. The maximum absolute atomic E-state index is 2.57. The lowest BCUT2D eigenvalue weighted by Crippen LogP contribution is -2.59. The largest absolute Gasteiger partial charge is 0.350 e. The van der Waals surface area contributed by atoms with E-state index in [1.807, 2.05) is 0 Å². The van der Waals surface area contributed by atoms with E-state index in [1.165, 1.54) is 45.0 Å². The van der Waals surface area contributed by atoms with Crippen LogP contribution in [0.15, 0.2) is 0 Å². The van der Waals surface area contributed by atoms with Crippen molar-refractivity contribution in [2.24, 2.45) is 0 Å². The molecular weight excluding hydrogens is 186 g/mol. The molecule has 3 heteroatoms. The molecule has 0 atom stereocenters. The third-order valence-electron chi connectivity index (χ3n) is 3.41. The summed E-state index contributed by atoms with van der Waals surface area (Å²) in [4.78, 5) is 4.98. The van der Waals surface area contributed by atoms with Crippen molar-refractivity contribution >= 4 is 5.96 Å². The maximum Gasteiger partial charge on any atom is 0.350 e. The van der Waals surface area contributed by atoms with Gasteiger partial charge in [-0.05, 0) is 20.8 Å². The number of fused-ring (bicyclic) bond motifs is 1. The van der Waals surface area contributed by atoms with Crippen molar-refractivity contribution in [3.8, 4) is 0 Å². The van der Waals surface area contributed by atoms with Crippen LogP contribution in [0.1, 0.15) is 33.6 Å². The summed E-state index contributed by atoms with van der Waals surface area (Å²) in [7, 11) is 2.23. The van der Waals surface area contributed by atoms with Gasteiger partial charge in [0.05, 0.1) is 38.8 Å². The fraction of sp³-hybridized carbons (Fsp3) is 0.917. The van der Waals surface area contributed by atoms with Gasteiger partial charge >= 0.3 is 5.96 Å². The first kappa shape index (κ1) is 10.8. The number of hydrogen-bond donors (Lipinski definition) is 0. The van der Waals surface area contributed by atoms with E-state index in [4.69, 9.17) is 0 Å². The van der Waals surface area contributed by atoms with Crippen LogP contribution in [0.4, 0.5) is 0 Å². The van der Waals surface area contributed by atoms with Crippen LogP contribution in [0.5, 0.6) is 0 Å². The van der Waals surface area contributed by atoms with Gasteiger partial charge in [-0.1, -0.05) is 0 Å². The Balaban J connectivity index is 2.38. The smallest absolute Gasteiger partial charge is 0.267 e. The van der Waals surface area contributed by atoms with E-state index in [0.29, 0.717) is 0 Å². The second kappa shape index (κ2) is 3.69. The van der Waals surface area contributed by atoms with Crippen molar-refractivity contribution in [2.45, 2.75) is 39.2 Å². The van der Waals surface area contributed by atoms with Gasteiger partial charge in [0.25, 0.3) is 0 Å². The summed E-state index contributed by atoms with van der Waals surface area (Å²) in [6, 6.07) is 0. The molecule has 0 aromatic rings. The number of guanidine groups is 1. The quantitative estimate of drug-likeness (QED) is 0.556. The lowest BCUT2D eigenvalue weighted by molar-refractivity contribution is -0.610. The first-order chi connectivity index (χ1) is 7.00. The zero-order valence-electron chi connectivity index (χ0n) is 10.6. The predicted molar refractivity (Wildman–Crippen MR) is 63.3 cm³/mol. The maximum atomic E-state index is 2.57. The highest BCUT2D eigenvalue weighted by Crippen LogP contribution is 2.18. The topological polar surface area (TPSA) is 9.49 Å². The number of rotatable bonds is 0. The fourth-order valence-electron chi connectivity index (χ4n) is 2.68. The molecule has 0 aromatic heterocycles. The Morgan fingerprint density at radius 3 is 2.40 bits per heavy atom. The Kier molecular flexibility index (Phi) is 2.65. The average molecular weight is 210 g/mol. The van der Waals surface area contributed by atoms with Gasteiger partial charge in [-0.2, -0.15) is 0 Å². The molecule has 1 saturated heterocycles. The molecule has 0 aromatic carbocycles. The zero-order valence-corrected chi connectivity index (χ0v) is 10.6. The van der Waals surface area contributed by atoms with Gasteiger partial charge in [-0.25, -0.2) is 0 Å². The first-order valence-corrected chi connectivity index (χ1v) is 6.11. The summed E-state index contributed by atoms with van der Waals surface area (Å²) in [6.07, 6.45) is 2.60. The molecule has 2 aliphatic heterocycles. The molecule has 15 heavy (non-hydrogen) atoms. The van der Waals surface area contributed by atoms with Crippen molar-refractivity contribution in [1.82, 2.24) is 9.80 Å². The van der Waals surface area contributed by atoms with E-state index in [2.05, 4.69) is 42.2 Å². The third kappa shape index (κ3) is 1.97.